The van der Waals surface area contributed by atoms with Crippen molar-refractivity contribution in [3.63, 3.8) is 0 Å². The number of aromatic amines is 1. The van der Waals surface area contributed by atoms with Crippen LogP contribution >= 0.6 is 0 Å². The van der Waals surface area contributed by atoms with Crippen LogP contribution < -0.4 is 5.73 Å². The van der Waals surface area contributed by atoms with Gasteiger partial charge in [0.1, 0.15) is 11.6 Å². The first kappa shape index (κ1) is 18.0. The summed E-state index contributed by atoms with van der Waals surface area (Å²) in [5, 5.41) is 0. The van der Waals surface area contributed by atoms with Gasteiger partial charge in [-0.3, -0.25) is 4.90 Å². The Morgan fingerprint density at radius 2 is 1.66 bits per heavy atom. The van der Waals surface area contributed by atoms with E-state index in [9.17, 15) is 4.39 Å². The average molecular weight is 386 g/mol. The lowest BCUT2D eigenvalue weighted by Crippen LogP contribution is -2.26. The second kappa shape index (κ2) is 7.43. The SMILES string of the molecule is NC1CCN(Cc2ccc(-c3ccc(-c4nc5ccc(F)cc5[nH]4)cc3)cc2)C1. The van der Waals surface area contributed by atoms with Crippen molar-refractivity contribution in [1.29, 1.82) is 0 Å². The Morgan fingerprint density at radius 1 is 0.966 bits per heavy atom. The van der Waals surface area contributed by atoms with Crippen LogP contribution in [0.25, 0.3) is 33.5 Å². The van der Waals surface area contributed by atoms with Crippen LogP contribution in [-0.4, -0.2) is 34.0 Å². The van der Waals surface area contributed by atoms with Crippen LogP contribution in [0.4, 0.5) is 4.39 Å². The van der Waals surface area contributed by atoms with Gasteiger partial charge in [-0.15, -0.1) is 0 Å². The summed E-state index contributed by atoms with van der Waals surface area (Å²) in [5.41, 5.74) is 12.1. The maximum atomic E-state index is 13.4. The van der Waals surface area contributed by atoms with Crippen molar-refractivity contribution in [2.24, 2.45) is 5.73 Å². The predicted molar refractivity (Wildman–Crippen MR) is 115 cm³/mol. The number of rotatable bonds is 4. The molecular formula is C24H23FN4. The van der Waals surface area contributed by atoms with Gasteiger partial charge in [0.05, 0.1) is 11.0 Å². The number of H-pyrrole nitrogens is 1. The number of halogens is 1. The Balaban J connectivity index is 1.32. The van der Waals surface area contributed by atoms with Crippen molar-refractivity contribution in [3.05, 3.63) is 78.1 Å². The van der Waals surface area contributed by atoms with Crippen LogP contribution in [-0.2, 0) is 6.54 Å². The normalized spacial score (nSPS) is 17.2. The summed E-state index contributed by atoms with van der Waals surface area (Å²) in [6.07, 6.45) is 1.09. The molecule has 1 aliphatic rings. The van der Waals surface area contributed by atoms with E-state index < -0.39 is 0 Å². The number of nitrogens with two attached hydrogens (primary N) is 1. The zero-order valence-electron chi connectivity index (χ0n) is 16.1. The van der Waals surface area contributed by atoms with Crippen molar-refractivity contribution in [1.82, 2.24) is 14.9 Å². The summed E-state index contributed by atoms with van der Waals surface area (Å²) in [5.74, 6) is 0.482. The van der Waals surface area contributed by atoms with Gasteiger partial charge in [-0.2, -0.15) is 0 Å². The monoisotopic (exact) mass is 386 g/mol. The smallest absolute Gasteiger partial charge is 0.138 e. The van der Waals surface area contributed by atoms with Crippen LogP contribution in [0.2, 0.25) is 0 Å². The molecule has 0 amide bonds. The fourth-order valence-electron chi connectivity index (χ4n) is 4.01. The summed E-state index contributed by atoms with van der Waals surface area (Å²) in [6.45, 7) is 3.02. The number of likely N-dealkylation sites (tertiary alicyclic amines) is 1. The van der Waals surface area contributed by atoms with E-state index in [1.165, 1.54) is 23.3 Å². The molecule has 4 aromatic rings. The van der Waals surface area contributed by atoms with E-state index in [4.69, 9.17) is 5.73 Å². The zero-order chi connectivity index (χ0) is 19.8. The second-order valence-corrected chi connectivity index (χ2v) is 7.81. The van der Waals surface area contributed by atoms with Gasteiger partial charge in [-0.25, -0.2) is 9.37 Å². The van der Waals surface area contributed by atoms with Gasteiger partial charge in [0.15, 0.2) is 0 Å². The number of nitrogens with one attached hydrogen (secondary N) is 1. The van der Waals surface area contributed by atoms with Gasteiger partial charge < -0.3 is 10.7 Å². The summed E-state index contributed by atoms with van der Waals surface area (Å²) in [6, 6.07) is 21.9. The lowest BCUT2D eigenvalue weighted by molar-refractivity contribution is 0.327. The molecule has 29 heavy (non-hydrogen) atoms. The Morgan fingerprint density at radius 3 is 2.34 bits per heavy atom. The summed E-state index contributed by atoms with van der Waals surface area (Å²) in [7, 11) is 0. The van der Waals surface area contributed by atoms with Crippen molar-refractivity contribution < 1.29 is 4.39 Å². The average Bonchev–Trinajstić information content (AvgIpc) is 3.34. The zero-order valence-corrected chi connectivity index (χ0v) is 16.1. The number of hydrogen-bond donors (Lipinski definition) is 2. The molecule has 1 unspecified atom stereocenters. The fraction of sp³-hybridized carbons (Fsp3) is 0.208. The first-order valence-electron chi connectivity index (χ1n) is 9.97. The lowest BCUT2D eigenvalue weighted by atomic mass is 10.0. The van der Waals surface area contributed by atoms with Gasteiger partial charge in [0.2, 0.25) is 0 Å². The molecule has 3 aromatic carbocycles. The molecule has 0 aliphatic carbocycles. The van der Waals surface area contributed by atoms with E-state index in [-0.39, 0.29) is 5.82 Å². The standard InChI is InChI=1S/C24H23FN4/c25-20-9-10-22-23(13-20)28-24(27-22)19-7-5-18(6-8-19)17-3-1-16(2-4-17)14-29-12-11-21(26)15-29/h1-10,13,21H,11-12,14-15,26H2,(H,27,28). The maximum absolute atomic E-state index is 13.4. The minimum absolute atomic E-state index is 0.265. The number of fused-ring (bicyclic) bond motifs is 1. The lowest BCUT2D eigenvalue weighted by Gasteiger charge is -2.15. The van der Waals surface area contributed by atoms with E-state index >= 15 is 0 Å². The molecule has 1 aliphatic heterocycles. The first-order valence-corrected chi connectivity index (χ1v) is 9.97. The molecule has 2 heterocycles. The number of hydrogen-bond acceptors (Lipinski definition) is 3. The van der Waals surface area contributed by atoms with Crippen molar-refractivity contribution >= 4 is 11.0 Å². The minimum atomic E-state index is -0.265. The minimum Gasteiger partial charge on any atom is -0.338 e. The molecule has 1 saturated heterocycles. The quantitative estimate of drug-likeness (QED) is 0.540. The van der Waals surface area contributed by atoms with Crippen LogP contribution in [0.15, 0.2) is 66.7 Å². The highest BCUT2D eigenvalue weighted by atomic mass is 19.1. The molecule has 1 fully saturated rings. The molecule has 0 radical (unpaired) electrons. The molecular weight excluding hydrogens is 363 g/mol. The van der Waals surface area contributed by atoms with Gasteiger partial charge in [-0.05, 0) is 41.3 Å². The number of nitrogens with zero attached hydrogens (tertiary/aromatic N) is 2. The largest absolute Gasteiger partial charge is 0.338 e. The van der Waals surface area contributed by atoms with E-state index in [1.807, 2.05) is 12.1 Å². The summed E-state index contributed by atoms with van der Waals surface area (Å²) >= 11 is 0. The molecule has 0 bridgehead atoms. The Hall–Kier alpha value is -3.02. The number of imidazole rings is 1. The molecule has 4 nitrogen and oxygen atoms in total. The van der Waals surface area contributed by atoms with E-state index in [2.05, 4.69) is 51.3 Å². The van der Waals surface area contributed by atoms with Crippen LogP contribution in [0.3, 0.4) is 0 Å². The molecule has 1 aromatic heterocycles. The third-order valence-electron chi connectivity index (χ3n) is 5.60. The molecule has 0 spiro atoms. The van der Waals surface area contributed by atoms with Crippen LogP contribution in [0, 0.1) is 5.82 Å². The highest BCUT2D eigenvalue weighted by Gasteiger charge is 2.18. The topological polar surface area (TPSA) is 57.9 Å². The van der Waals surface area contributed by atoms with Crippen molar-refractivity contribution in [2.45, 2.75) is 19.0 Å². The van der Waals surface area contributed by atoms with Gasteiger partial charge >= 0.3 is 0 Å². The third-order valence-corrected chi connectivity index (χ3v) is 5.60. The summed E-state index contributed by atoms with van der Waals surface area (Å²) < 4.78 is 13.4. The maximum Gasteiger partial charge on any atom is 0.138 e. The fourth-order valence-corrected chi connectivity index (χ4v) is 4.01. The molecule has 3 N–H and O–H groups in total. The van der Waals surface area contributed by atoms with Crippen LogP contribution in [0.5, 0.6) is 0 Å². The highest BCUT2D eigenvalue weighted by Crippen LogP contribution is 2.26. The third kappa shape index (κ3) is 3.79. The summed E-state index contributed by atoms with van der Waals surface area (Å²) in [4.78, 5) is 10.2. The Bertz CT molecular complexity index is 1130. The molecule has 5 heteroatoms. The van der Waals surface area contributed by atoms with E-state index in [0.29, 0.717) is 11.6 Å². The first-order chi connectivity index (χ1) is 14.1. The number of benzene rings is 3. The molecule has 0 saturated carbocycles. The Labute approximate surface area is 169 Å². The van der Waals surface area contributed by atoms with Gasteiger partial charge in [0, 0.05) is 31.2 Å². The van der Waals surface area contributed by atoms with Gasteiger partial charge in [0.25, 0.3) is 0 Å². The number of aromatic nitrogens is 2. The van der Waals surface area contributed by atoms with Crippen molar-refractivity contribution in [2.75, 3.05) is 13.1 Å². The highest BCUT2D eigenvalue weighted by molar-refractivity contribution is 5.80. The van der Waals surface area contributed by atoms with Crippen molar-refractivity contribution in [3.8, 4) is 22.5 Å². The second-order valence-electron chi connectivity index (χ2n) is 7.81. The van der Waals surface area contributed by atoms with E-state index in [0.717, 1.165) is 48.5 Å². The predicted octanol–water partition coefficient (Wildman–Crippen LogP) is 4.57. The molecule has 1 atom stereocenters. The Kier molecular flexibility index (Phi) is 4.62. The van der Waals surface area contributed by atoms with Crippen LogP contribution in [0.1, 0.15) is 12.0 Å². The molecule has 146 valence electrons. The van der Waals surface area contributed by atoms with E-state index in [1.54, 1.807) is 6.07 Å². The van der Waals surface area contributed by atoms with Gasteiger partial charge in [-0.1, -0.05) is 48.5 Å². The molecule has 5 rings (SSSR count).